The SMILES string of the molecule is CC[C@@H](N)c1ccc(N2CCCC3CCCC32)cc1. The summed E-state index contributed by atoms with van der Waals surface area (Å²) >= 11 is 0. The van der Waals surface area contributed by atoms with Gasteiger partial charge in [-0.1, -0.05) is 25.5 Å². The number of fused-ring (bicyclic) bond motifs is 1. The second kappa shape index (κ2) is 5.54. The van der Waals surface area contributed by atoms with Crippen molar-refractivity contribution in [3.63, 3.8) is 0 Å². The van der Waals surface area contributed by atoms with Crippen LogP contribution in [0, 0.1) is 5.92 Å². The van der Waals surface area contributed by atoms with Crippen LogP contribution < -0.4 is 10.6 Å². The fourth-order valence-electron chi connectivity index (χ4n) is 3.92. The van der Waals surface area contributed by atoms with Gasteiger partial charge in [-0.05, 0) is 55.7 Å². The molecule has 2 nitrogen and oxygen atoms in total. The number of nitrogens with zero attached hydrogens (tertiary/aromatic N) is 1. The zero-order chi connectivity index (χ0) is 13.2. The molecule has 2 unspecified atom stereocenters. The molecule has 2 fully saturated rings. The summed E-state index contributed by atoms with van der Waals surface area (Å²) in [5.74, 6) is 0.950. The van der Waals surface area contributed by atoms with Gasteiger partial charge in [0.1, 0.15) is 0 Å². The van der Waals surface area contributed by atoms with Gasteiger partial charge in [0.2, 0.25) is 0 Å². The molecule has 0 aromatic heterocycles. The third-order valence-electron chi connectivity index (χ3n) is 5.09. The first-order valence-corrected chi connectivity index (χ1v) is 7.91. The molecule has 1 aromatic rings. The van der Waals surface area contributed by atoms with E-state index in [4.69, 9.17) is 5.73 Å². The van der Waals surface area contributed by atoms with Crippen LogP contribution in [-0.2, 0) is 0 Å². The van der Waals surface area contributed by atoms with E-state index in [0.717, 1.165) is 18.4 Å². The van der Waals surface area contributed by atoms with Gasteiger partial charge >= 0.3 is 0 Å². The van der Waals surface area contributed by atoms with Gasteiger partial charge in [-0.2, -0.15) is 0 Å². The van der Waals surface area contributed by atoms with E-state index in [1.807, 2.05) is 0 Å². The first kappa shape index (κ1) is 13.0. The Bertz CT molecular complexity index is 412. The monoisotopic (exact) mass is 258 g/mol. The van der Waals surface area contributed by atoms with E-state index in [0.29, 0.717) is 0 Å². The Labute approximate surface area is 117 Å². The Morgan fingerprint density at radius 1 is 1.16 bits per heavy atom. The van der Waals surface area contributed by atoms with Gasteiger partial charge in [0.25, 0.3) is 0 Å². The molecule has 3 rings (SSSR count). The second-order valence-electron chi connectivity index (χ2n) is 6.20. The first-order chi connectivity index (χ1) is 9.29. The third-order valence-corrected chi connectivity index (χ3v) is 5.09. The second-order valence-corrected chi connectivity index (χ2v) is 6.20. The highest BCUT2D eigenvalue weighted by Gasteiger charge is 2.34. The van der Waals surface area contributed by atoms with Crippen molar-refractivity contribution in [2.24, 2.45) is 11.7 Å². The van der Waals surface area contributed by atoms with E-state index < -0.39 is 0 Å². The Kier molecular flexibility index (Phi) is 3.79. The number of nitrogens with two attached hydrogens (primary N) is 1. The van der Waals surface area contributed by atoms with Crippen molar-refractivity contribution in [2.45, 2.75) is 57.5 Å². The normalized spacial score (nSPS) is 28.2. The van der Waals surface area contributed by atoms with Crippen LogP contribution in [-0.4, -0.2) is 12.6 Å². The molecule has 1 saturated heterocycles. The fraction of sp³-hybridized carbons (Fsp3) is 0.647. The average molecular weight is 258 g/mol. The van der Waals surface area contributed by atoms with Gasteiger partial charge in [-0.25, -0.2) is 0 Å². The summed E-state index contributed by atoms with van der Waals surface area (Å²) < 4.78 is 0. The summed E-state index contributed by atoms with van der Waals surface area (Å²) in [7, 11) is 0. The molecule has 1 saturated carbocycles. The zero-order valence-electron chi connectivity index (χ0n) is 12.0. The van der Waals surface area contributed by atoms with Gasteiger partial charge in [-0.3, -0.25) is 0 Å². The van der Waals surface area contributed by atoms with Crippen molar-refractivity contribution in [1.29, 1.82) is 0 Å². The van der Waals surface area contributed by atoms with Gasteiger partial charge in [-0.15, -0.1) is 0 Å². The summed E-state index contributed by atoms with van der Waals surface area (Å²) in [6, 6.07) is 10.0. The van der Waals surface area contributed by atoms with Crippen LogP contribution in [0.15, 0.2) is 24.3 Å². The maximum atomic E-state index is 6.09. The van der Waals surface area contributed by atoms with Crippen LogP contribution in [0.5, 0.6) is 0 Å². The van der Waals surface area contributed by atoms with Crippen molar-refractivity contribution in [1.82, 2.24) is 0 Å². The maximum Gasteiger partial charge on any atom is 0.0369 e. The highest BCUT2D eigenvalue weighted by Crippen LogP contribution is 2.39. The van der Waals surface area contributed by atoms with Crippen molar-refractivity contribution in [2.75, 3.05) is 11.4 Å². The number of rotatable bonds is 3. The predicted molar refractivity (Wildman–Crippen MR) is 81.4 cm³/mol. The summed E-state index contributed by atoms with van der Waals surface area (Å²) in [6.45, 7) is 3.38. The topological polar surface area (TPSA) is 29.3 Å². The molecule has 1 aliphatic heterocycles. The minimum Gasteiger partial charge on any atom is -0.368 e. The van der Waals surface area contributed by atoms with Gasteiger partial charge in [0.15, 0.2) is 0 Å². The predicted octanol–water partition coefficient (Wildman–Crippen LogP) is 3.87. The summed E-state index contributed by atoms with van der Waals surface area (Å²) in [5, 5.41) is 0. The quantitative estimate of drug-likeness (QED) is 0.892. The van der Waals surface area contributed by atoms with Gasteiger partial charge in [0, 0.05) is 24.3 Å². The number of benzene rings is 1. The number of hydrogen-bond acceptors (Lipinski definition) is 2. The third kappa shape index (κ3) is 2.51. The minimum atomic E-state index is 0.189. The van der Waals surface area contributed by atoms with Crippen LogP contribution in [0.1, 0.15) is 57.1 Å². The fourth-order valence-corrected chi connectivity index (χ4v) is 3.92. The van der Waals surface area contributed by atoms with E-state index in [9.17, 15) is 0 Å². The number of piperidine rings is 1. The Morgan fingerprint density at radius 3 is 2.63 bits per heavy atom. The summed E-state index contributed by atoms with van der Waals surface area (Å²) in [4.78, 5) is 2.66. The smallest absolute Gasteiger partial charge is 0.0369 e. The standard InChI is InChI=1S/C17H26N2/c1-2-16(18)13-8-10-15(11-9-13)19-12-4-6-14-5-3-7-17(14)19/h8-11,14,16-17H,2-7,12,18H2,1H3/t14?,16-,17?/m1/s1. The van der Waals surface area contributed by atoms with Crippen molar-refractivity contribution >= 4 is 5.69 Å². The van der Waals surface area contributed by atoms with Crippen LogP contribution in [0.2, 0.25) is 0 Å². The zero-order valence-corrected chi connectivity index (χ0v) is 12.0. The van der Waals surface area contributed by atoms with Crippen molar-refractivity contribution < 1.29 is 0 Å². The molecule has 104 valence electrons. The van der Waals surface area contributed by atoms with Gasteiger partial charge in [0.05, 0.1) is 0 Å². The number of anilines is 1. The number of hydrogen-bond donors (Lipinski definition) is 1. The lowest BCUT2D eigenvalue weighted by atomic mass is 9.91. The van der Waals surface area contributed by atoms with E-state index in [1.165, 1.54) is 49.9 Å². The van der Waals surface area contributed by atoms with E-state index >= 15 is 0 Å². The molecule has 2 aliphatic rings. The largest absolute Gasteiger partial charge is 0.368 e. The molecule has 2 heteroatoms. The van der Waals surface area contributed by atoms with Crippen LogP contribution in [0.25, 0.3) is 0 Å². The van der Waals surface area contributed by atoms with Crippen molar-refractivity contribution in [3.05, 3.63) is 29.8 Å². The van der Waals surface area contributed by atoms with Crippen molar-refractivity contribution in [3.8, 4) is 0 Å². The lowest BCUT2D eigenvalue weighted by molar-refractivity contribution is 0.362. The lowest BCUT2D eigenvalue weighted by Crippen LogP contribution is -2.42. The molecule has 0 radical (unpaired) electrons. The molecule has 3 atom stereocenters. The lowest BCUT2D eigenvalue weighted by Gasteiger charge is -2.39. The molecule has 0 spiro atoms. The maximum absolute atomic E-state index is 6.09. The van der Waals surface area contributed by atoms with E-state index in [-0.39, 0.29) is 6.04 Å². The minimum absolute atomic E-state index is 0.189. The Morgan fingerprint density at radius 2 is 1.89 bits per heavy atom. The molecule has 0 bridgehead atoms. The first-order valence-electron chi connectivity index (χ1n) is 7.91. The molecular formula is C17H26N2. The van der Waals surface area contributed by atoms with E-state index in [1.54, 1.807) is 0 Å². The molecule has 1 aliphatic carbocycles. The average Bonchev–Trinajstić information content (AvgIpc) is 2.95. The van der Waals surface area contributed by atoms with Gasteiger partial charge < -0.3 is 10.6 Å². The Hall–Kier alpha value is -1.02. The van der Waals surface area contributed by atoms with E-state index in [2.05, 4.69) is 36.1 Å². The Balaban J connectivity index is 1.77. The molecular weight excluding hydrogens is 232 g/mol. The summed E-state index contributed by atoms with van der Waals surface area (Å²) in [6.07, 6.45) is 8.07. The molecule has 1 aromatic carbocycles. The highest BCUT2D eigenvalue weighted by atomic mass is 15.2. The molecule has 0 amide bonds. The molecule has 1 heterocycles. The van der Waals surface area contributed by atoms with Crippen LogP contribution in [0.4, 0.5) is 5.69 Å². The molecule has 19 heavy (non-hydrogen) atoms. The summed E-state index contributed by atoms with van der Waals surface area (Å²) in [5.41, 5.74) is 8.77. The van der Waals surface area contributed by atoms with Crippen LogP contribution >= 0.6 is 0 Å². The van der Waals surface area contributed by atoms with Crippen LogP contribution in [0.3, 0.4) is 0 Å². The highest BCUT2D eigenvalue weighted by molar-refractivity contribution is 5.49. The molecule has 2 N–H and O–H groups in total.